The molecule has 130 valence electrons. The summed E-state index contributed by atoms with van der Waals surface area (Å²) in [6.45, 7) is 2.77. The van der Waals surface area contributed by atoms with E-state index in [1.54, 1.807) is 30.8 Å². The predicted octanol–water partition coefficient (Wildman–Crippen LogP) is 1.13. The second kappa shape index (κ2) is 5.87. The van der Waals surface area contributed by atoms with Gasteiger partial charge in [0, 0.05) is 40.3 Å². The summed E-state index contributed by atoms with van der Waals surface area (Å²) in [6, 6.07) is 6.82. The molecule has 8 heteroatoms. The molecule has 0 radical (unpaired) electrons. The van der Waals surface area contributed by atoms with Crippen LogP contribution in [0, 0.1) is 5.82 Å². The molecule has 0 bridgehead atoms. The fourth-order valence-corrected chi connectivity index (χ4v) is 3.42. The smallest absolute Gasteiger partial charge is 0.329 e. The summed E-state index contributed by atoms with van der Waals surface area (Å²) in [7, 11) is 3.44. The van der Waals surface area contributed by atoms with Gasteiger partial charge in [-0.1, -0.05) is 12.1 Å². The minimum absolute atomic E-state index is 0.123. The molecule has 0 unspecified atom stereocenters. The molecule has 0 saturated carbocycles. The number of imidazole rings is 1. The quantitative estimate of drug-likeness (QED) is 0.699. The summed E-state index contributed by atoms with van der Waals surface area (Å²) in [5, 5.41) is 0. The highest BCUT2D eigenvalue weighted by Gasteiger charge is 2.24. The van der Waals surface area contributed by atoms with E-state index < -0.39 is 0 Å². The molecule has 1 aliphatic heterocycles. The van der Waals surface area contributed by atoms with Gasteiger partial charge in [0.1, 0.15) is 17.7 Å². The molecule has 7 nitrogen and oxygen atoms in total. The Hall–Kier alpha value is -2.90. The number of hydrogen-bond acceptors (Lipinski definition) is 5. The molecular weight excluding hydrogens is 323 g/mol. The van der Waals surface area contributed by atoms with E-state index in [-0.39, 0.29) is 11.5 Å². The van der Waals surface area contributed by atoms with Crippen molar-refractivity contribution >= 4 is 22.7 Å². The topological polar surface area (TPSA) is 59.2 Å². The third-order valence-corrected chi connectivity index (χ3v) is 4.78. The normalized spacial score (nSPS) is 15.2. The van der Waals surface area contributed by atoms with E-state index in [0.29, 0.717) is 37.5 Å². The molecule has 3 aromatic rings. The zero-order valence-electron chi connectivity index (χ0n) is 14.2. The number of nitrogens with zero attached hydrogens (tertiary/aromatic N) is 6. The first-order valence-electron chi connectivity index (χ1n) is 8.19. The molecule has 0 amide bonds. The third-order valence-electron chi connectivity index (χ3n) is 4.78. The van der Waals surface area contributed by atoms with Crippen LogP contribution in [0.2, 0.25) is 0 Å². The van der Waals surface area contributed by atoms with Gasteiger partial charge in [-0.05, 0) is 12.1 Å². The van der Waals surface area contributed by atoms with Crippen LogP contribution in [0.1, 0.15) is 0 Å². The van der Waals surface area contributed by atoms with Gasteiger partial charge in [0.15, 0.2) is 11.5 Å². The lowest BCUT2D eigenvalue weighted by atomic mass is 10.2. The second-order valence-electron chi connectivity index (χ2n) is 6.20. The van der Waals surface area contributed by atoms with E-state index in [9.17, 15) is 9.18 Å². The average molecular weight is 342 g/mol. The van der Waals surface area contributed by atoms with E-state index in [0.717, 1.165) is 11.3 Å². The van der Waals surface area contributed by atoms with Crippen LogP contribution >= 0.6 is 0 Å². The van der Waals surface area contributed by atoms with Gasteiger partial charge < -0.3 is 9.80 Å². The lowest BCUT2D eigenvalue weighted by molar-refractivity contribution is 0.596. The number of benzene rings is 1. The Bertz CT molecular complexity index is 986. The number of piperazine rings is 1. The molecule has 4 rings (SSSR count). The molecule has 1 fully saturated rings. The minimum atomic E-state index is -0.203. The maximum Gasteiger partial charge on any atom is 0.329 e. The Morgan fingerprint density at radius 2 is 1.64 bits per heavy atom. The standard InChI is InChI=1S/C17H19FN6O/c1-21-14-15(22(2)17(21)25)19-11-20-16(14)24-9-7-23(8-10-24)13-6-4-3-5-12(13)18/h3-6,11H,7-10H2,1-2H3. The van der Waals surface area contributed by atoms with Gasteiger partial charge in [-0.25, -0.2) is 19.2 Å². The summed E-state index contributed by atoms with van der Waals surface area (Å²) in [5.41, 5.74) is 1.85. The number of anilines is 2. The predicted molar refractivity (Wildman–Crippen MR) is 94.6 cm³/mol. The maximum absolute atomic E-state index is 14.0. The highest BCUT2D eigenvalue weighted by atomic mass is 19.1. The van der Waals surface area contributed by atoms with E-state index in [4.69, 9.17) is 0 Å². The first kappa shape index (κ1) is 15.6. The van der Waals surface area contributed by atoms with Crippen molar-refractivity contribution in [2.75, 3.05) is 36.0 Å². The Morgan fingerprint density at radius 3 is 2.36 bits per heavy atom. The summed E-state index contributed by atoms with van der Waals surface area (Å²) >= 11 is 0. The van der Waals surface area contributed by atoms with Crippen molar-refractivity contribution in [3.8, 4) is 0 Å². The van der Waals surface area contributed by atoms with Gasteiger partial charge in [0.25, 0.3) is 0 Å². The molecule has 0 N–H and O–H groups in total. The molecule has 3 heterocycles. The van der Waals surface area contributed by atoms with Gasteiger partial charge in [0.05, 0.1) is 5.69 Å². The molecular formula is C17H19FN6O. The number of hydrogen-bond donors (Lipinski definition) is 0. The van der Waals surface area contributed by atoms with Crippen LogP contribution in [0.4, 0.5) is 15.9 Å². The third kappa shape index (κ3) is 2.45. The van der Waals surface area contributed by atoms with E-state index >= 15 is 0 Å². The van der Waals surface area contributed by atoms with Crippen LogP contribution in [0.15, 0.2) is 35.4 Å². The first-order valence-corrected chi connectivity index (χ1v) is 8.19. The first-order chi connectivity index (χ1) is 12.1. The number of para-hydroxylation sites is 1. The molecule has 0 aliphatic carbocycles. The number of rotatable bonds is 2. The number of halogens is 1. The van der Waals surface area contributed by atoms with E-state index in [1.165, 1.54) is 17.0 Å². The van der Waals surface area contributed by atoms with Crippen molar-refractivity contribution in [3.63, 3.8) is 0 Å². The second-order valence-corrected chi connectivity index (χ2v) is 6.20. The van der Waals surface area contributed by atoms with Crippen LogP contribution < -0.4 is 15.5 Å². The van der Waals surface area contributed by atoms with E-state index in [2.05, 4.69) is 14.9 Å². The molecule has 0 atom stereocenters. The lowest BCUT2D eigenvalue weighted by Gasteiger charge is -2.36. The van der Waals surface area contributed by atoms with Crippen molar-refractivity contribution < 1.29 is 4.39 Å². The lowest BCUT2D eigenvalue weighted by Crippen LogP contribution is -2.47. The zero-order valence-corrected chi connectivity index (χ0v) is 14.2. The zero-order chi connectivity index (χ0) is 17.6. The minimum Gasteiger partial charge on any atom is -0.366 e. The number of aromatic nitrogens is 4. The Morgan fingerprint density at radius 1 is 0.960 bits per heavy atom. The largest absolute Gasteiger partial charge is 0.366 e. The Balaban J connectivity index is 1.64. The maximum atomic E-state index is 14.0. The van der Waals surface area contributed by atoms with E-state index in [1.807, 2.05) is 11.0 Å². The van der Waals surface area contributed by atoms with Gasteiger partial charge in [-0.3, -0.25) is 9.13 Å². The average Bonchev–Trinajstić information content (AvgIpc) is 2.87. The molecule has 1 saturated heterocycles. The fourth-order valence-electron chi connectivity index (χ4n) is 3.42. The summed E-state index contributed by atoms with van der Waals surface area (Å²) in [4.78, 5) is 25.0. The highest BCUT2D eigenvalue weighted by molar-refractivity contribution is 5.84. The van der Waals surface area contributed by atoms with Gasteiger partial charge >= 0.3 is 5.69 Å². The van der Waals surface area contributed by atoms with Gasteiger partial charge in [-0.15, -0.1) is 0 Å². The van der Waals surface area contributed by atoms with Crippen LogP contribution in [0.5, 0.6) is 0 Å². The highest BCUT2D eigenvalue weighted by Crippen LogP contribution is 2.25. The Kier molecular flexibility index (Phi) is 3.67. The molecule has 0 spiro atoms. The van der Waals surface area contributed by atoms with Crippen LogP contribution in [0.25, 0.3) is 11.2 Å². The number of fused-ring (bicyclic) bond motifs is 1. The summed E-state index contributed by atoms with van der Waals surface area (Å²) < 4.78 is 17.1. The van der Waals surface area contributed by atoms with Crippen LogP contribution in [0.3, 0.4) is 0 Å². The van der Waals surface area contributed by atoms with Crippen molar-refractivity contribution in [1.82, 2.24) is 19.1 Å². The van der Waals surface area contributed by atoms with Gasteiger partial charge in [-0.2, -0.15) is 0 Å². The van der Waals surface area contributed by atoms with Crippen molar-refractivity contribution in [1.29, 1.82) is 0 Å². The SMILES string of the molecule is Cn1c(=O)n(C)c2c(N3CCN(c4ccccc4F)CC3)ncnc21. The van der Waals surface area contributed by atoms with Crippen molar-refractivity contribution in [3.05, 3.63) is 46.9 Å². The fraction of sp³-hybridized carbons (Fsp3) is 0.353. The summed E-state index contributed by atoms with van der Waals surface area (Å²) in [6.07, 6.45) is 1.49. The van der Waals surface area contributed by atoms with Crippen molar-refractivity contribution in [2.24, 2.45) is 14.1 Å². The molecule has 1 aliphatic rings. The summed E-state index contributed by atoms with van der Waals surface area (Å²) in [5.74, 6) is 0.546. The van der Waals surface area contributed by atoms with Crippen LogP contribution in [-0.4, -0.2) is 45.3 Å². The molecule has 2 aromatic heterocycles. The van der Waals surface area contributed by atoms with Crippen molar-refractivity contribution in [2.45, 2.75) is 0 Å². The molecule has 1 aromatic carbocycles. The van der Waals surface area contributed by atoms with Gasteiger partial charge in [0.2, 0.25) is 0 Å². The monoisotopic (exact) mass is 342 g/mol. The van der Waals surface area contributed by atoms with Crippen LogP contribution in [-0.2, 0) is 14.1 Å². The Labute approximate surface area is 143 Å². The number of aryl methyl sites for hydroxylation is 2. The molecule has 25 heavy (non-hydrogen) atoms.